The van der Waals surface area contributed by atoms with Crippen molar-refractivity contribution in [2.24, 2.45) is 0 Å². The average molecular weight is 383 g/mol. The number of nitrogens with one attached hydrogen (secondary N) is 1. The number of ether oxygens (including phenoxy) is 2. The molecule has 2 amide bonds. The van der Waals surface area contributed by atoms with E-state index in [2.05, 4.69) is 10.1 Å². The van der Waals surface area contributed by atoms with Gasteiger partial charge in [-0.15, -0.1) is 0 Å². The number of urea groups is 1. The highest BCUT2D eigenvalue weighted by atomic mass is 16.6. The summed E-state index contributed by atoms with van der Waals surface area (Å²) in [4.78, 5) is 47.0. The molecule has 0 aliphatic carbocycles. The second kappa shape index (κ2) is 10.7. The maximum atomic E-state index is 12.5. The molecule has 11 heteroatoms. The van der Waals surface area contributed by atoms with Crippen LogP contribution in [0.3, 0.4) is 0 Å². The first-order valence-electron chi connectivity index (χ1n) is 7.96. The Morgan fingerprint density at radius 3 is 2.63 bits per heavy atom. The van der Waals surface area contributed by atoms with Crippen molar-refractivity contribution in [1.82, 2.24) is 10.2 Å². The van der Waals surface area contributed by atoms with Crippen LogP contribution in [-0.4, -0.2) is 65.8 Å². The molecule has 0 saturated heterocycles. The predicted molar refractivity (Wildman–Crippen MR) is 91.6 cm³/mol. The van der Waals surface area contributed by atoms with E-state index in [9.17, 15) is 29.6 Å². The summed E-state index contributed by atoms with van der Waals surface area (Å²) in [6.45, 7) is 0.309. The van der Waals surface area contributed by atoms with Gasteiger partial charge in [0.25, 0.3) is 5.69 Å². The number of aliphatic hydroxyl groups is 1. The van der Waals surface area contributed by atoms with E-state index in [1.165, 1.54) is 24.3 Å². The van der Waals surface area contributed by atoms with Crippen LogP contribution in [0.25, 0.3) is 0 Å². The minimum absolute atomic E-state index is 0.132. The number of esters is 2. The average Bonchev–Trinajstić information content (AvgIpc) is 2.66. The van der Waals surface area contributed by atoms with Crippen molar-refractivity contribution in [3.05, 3.63) is 39.9 Å². The molecule has 0 radical (unpaired) electrons. The van der Waals surface area contributed by atoms with Gasteiger partial charge < -0.3 is 24.8 Å². The molecule has 0 unspecified atom stereocenters. The van der Waals surface area contributed by atoms with Gasteiger partial charge in [-0.2, -0.15) is 0 Å². The molecule has 0 fully saturated rings. The third-order valence-corrected chi connectivity index (χ3v) is 3.45. The quantitative estimate of drug-likeness (QED) is 0.349. The third-order valence-electron chi connectivity index (χ3n) is 3.45. The summed E-state index contributed by atoms with van der Waals surface area (Å²) in [5, 5.41) is 22.7. The van der Waals surface area contributed by atoms with Crippen LogP contribution in [0.1, 0.15) is 12.5 Å². The van der Waals surface area contributed by atoms with Gasteiger partial charge in [-0.25, -0.2) is 9.59 Å². The van der Waals surface area contributed by atoms with Crippen LogP contribution in [-0.2, 0) is 25.6 Å². The van der Waals surface area contributed by atoms with E-state index >= 15 is 0 Å². The van der Waals surface area contributed by atoms with Crippen molar-refractivity contribution >= 4 is 23.7 Å². The Morgan fingerprint density at radius 1 is 1.37 bits per heavy atom. The largest absolute Gasteiger partial charge is 0.467 e. The fraction of sp³-hybridized carbons (Fsp3) is 0.438. The number of nitrogens with zero attached hydrogens (tertiary/aromatic N) is 2. The van der Waals surface area contributed by atoms with Gasteiger partial charge in [0.05, 0.1) is 25.2 Å². The number of benzene rings is 1. The summed E-state index contributed by atoms with van der Waals surface area (Å²) in [6, 6.07) is 3.24. The fourth-order valence-corrected chi connectivity index (χ4v) is 2.19. The van der Waals surface area contributed by atoms with Gasteiger partial charge >= 0.3 is 18.0 Å². The molecule has 1 aromatic carbocycles. The van der Waals surface area contributed by atoms with Crippen molar-refractivity contribution in [2.45, 2.75) is 19.5 Å². The van der Waals surface area contributed by atoms with E-state index in [4.69, 9.17) is 4.74 Å². The molecule has 0 heterocycles. The second-order valence-electron chi connectivity index (χ2n) is 5.24. The number of aliphatic hydroxyl groups excluding tert-OH is 1. The number of carbonyl (C=O) groups excluding carboxylic acids is 3. The third kappa shape index (κ3) is 6.55. The molecule has 1 rings (SSSR count). The Labute approximate surface area is 155 Å². The molecule has 148 valence electrons. The predicted octanol–water partition coefficient (Wildman–Crippen LogP) is 0.203. The summed E-state index contributed by atoms with van der Waals surface area (Å²) < 4.78 is 9.28. The lowest BCUT2D eigenvalue weighted by molar-refractivity contribution is -0.384. The van der Waals surface area contributed by atoms with Crippen molar-refractivity contribution in [3.8, 4) is 0 Å². The van der Waals surface area contributed by atoms with Crippen LogP contribution in [0.4, 0.5) is 10.5 Å². The molecule has 1 aromatic rings. The van der Waals surface area contributed by atoms with Crippen molar-refractivity contribution in [3.63, 3.8) is 0 Å². The minimum Gasteiger partial charge on any atom is -0.467 e. The normalized spacial score (nSPS) is 11.2. The SMILES string of the molecule is CCOC(=O)CNC(=O)N(Cc1cccc([N+](=O)[O-])c1)[C@@H](CO)C(=O)OC. The van der Waals surface area contributed by atoms with Gasteiger partial charge in [0.15, 0.2) is 6.04 Å². The number of hydrogen-bond donors (Lipinski definition) is 2. The zero-order valence-corrected chi connectivity index (χ0v) is 14.9. The van der Waals surface area contributed by atoms with Crippen LogP contribution < -0.4 is 5.32 Å². The second-order valence-corrected chi connectivity index (χ2v) is 5.24. The molecule has 0 aliphatic heterocycles. The highest BCUT2D eigenvalue weighted by Gasteiger charge is 2.31. The molecular formula is C16H21N3O8. The maximum Gasteiger partial charge on any atom is 0.331 e. The molecular weight excluding hydrogens is 362 g/mol. The zero-order valence-electron chi connectivity index (χ0n) is 14.9. The standard InChI is InChI=1S/C16H21N3O8/c1-3-27-14(21)8-17-16(23)18(13(10-20)15(22)26-2)9-11-5-4-6-12(7-11)19(24)25/h4-7,13,20H,3,8-10H2,1-2H3,(H,17,23)/t13-/m0/s1. The monoisotopic (exact) mass is 383 g/mol. The summed E-state index contributed by atoms with van der Waals surface area (Å²) in [5.74, 6) is -1.56. The Kier molecular flexibility index (Phi) is 8.66. The van der Waals surface area contributed by atoms with Gasteiger partial charge in [-0.3, -0.25) is 14.9 Å². The number of hydrogen-bond acceptors (Lipinski definition) is 8. The molecule has 2 N–H and O–H groups in total. The van der Waals surface area contributed by atoms with Gasteiger partial charge in [-0.1, -0.05) is 12.1 Å². The van der Waals surface area contributed by atoms with Gasteiger partial charge in [0.2, 0.25) is 0 Å². The molecule has 0 bridgehead atoms. The number of methoxy groups -OCH3 is 1. The fourth-order valence-electron chi connectivity index (χ4n) is 2.19. The van der Waals surface area contributed by atoms with E-state index < -0.39 is 42.1 Å². The molecule has 0 saturated carbocycles. The molecule has 0 aromatic heterocycles. The smallest absolute Gasteiger partial charge is 0.331 e. The number of nitro benzene ring substituents is 1. The lowest BCUT2D eigenvalue weighted by Gasteiger charge is -2.28. The summed E-state index contributed by atoms with van der Waals surface area (Å²) in [7, 11) is 1.09. The van der Waals surface area contributed by atoms with Crippen LogP contribution in [0.2, 0.25) is 0 Å². The number of non-ortho nitro benzene ring substituents is 1. The van der Waals surface area contributed by atoms with Crippen LogP contribution >= 0.6 is 0 Å². The topological polar surface area (TPSA) is 148 Å². The first kappa shape index (κ1) is 21.8. The Morgan fingerprint density at radius 2 is 2.07 bits per heavy atom. The van der Waals surface area contributed by atoms with Gasteiger partial charge in [0, 0.05) is 18.7 Å². The van der Waals surface area contributed by atoms with E-state index in [0.717, 1.165) is 12.0 Å². The minimum atomic E-state index is -1.36. The molecule has 27 heavy (non-hydrogen) atoms. The molecule has 11 nitrogen and oxygen atoms in total. The van der Waals surface area contributed by atoms with E-state index in [1.54, 1.807) is 6.92 Å². The maximum absolute atomic E-state index is 12.5. The number of amides is 2. The molecule has 0 aliphatic rings. The van der Waals surface area contributed by atoms with Crippen LogP contribution in [0, 0.1) is 10.1 Å². The lowest BCUT2D eigenvalue weighted by Crippen LogP contribution is -2.52. The van der Waals surface area contributed by atoms with Crippen LogP contribution in [0.5, 0.6) is 0 Å². The lowest BCUT2D eigenvalue weighted by atomic mass is 10.1. The van der Waals surface area contributed by atoms with Gasteiger partial charge in [0.1, 0.15) is 6.54 Å². The van der Waals surface area contributed by atoms with E-state index in [-0.39, 0.29) is 18.8 Å². The number of nitro groups is 1. The van der Waals surface area contributed by atoms with Crippen molar-refractivity contribution in [1.29, 1.82) is 0 Å². The van der Waals surface area contributed by atoms with E-state index in [0.29, 0.717) is 5.56 Å². The van der Waals surface area contributed by atoms with Crippen molar-refractivity contribution in [2.75, 3.05) is 26.9 Å². The number of rotatable bonds is 9. The number of carbonyl (C=O) groups is 3. The highest BCUT2D eigenvalue weighted by molar-refractivity contribution is 5.86. The Bertz CT molecular complexity index is 694. The summed E-state index contributed by atoms with van der Waals surface area (Å²) in [5.41, 5.74) is 0.149. The highest BCUT2D eigenvalue weighted by Crippen LogP contribution is 2.16. The Hall–Kier alpha value is -3.21. The summed E-state index contributed by atoms with van der Waals surface area (Å²) >= 11 is 0. The zero-order chi connectivity index (χ0) is 20.4. The Balaban J connectivity index is 3.04. The first-order valence-corrected chi connectivity index (χ1v) is 7.96. The molecule has 1 atom stereocenters. The van der Waals surface area contributed by atoms with Crippen LogP contribution in [0.15, 0.2) is 24.3 Å². The van der Waals surface area contributed by atoms with Gasteiger partial charge in [-0.05, 0) is 12.5 Å². The molecule has 0 spiro atoms. The van der Waals surface area contributed by atoms with E-state index in [1.807, 2.05) is 0 Å². The summed E-state index contributed by atoms with van der Waals surface area (Å²) in [6.07, 6.45) is 0. The first-order chi connectivity index (χ1) is 12.8. The van der Waals surface area contributed by atoms with Crippen molar-refractivity contribution < 1.29 is 33.9 Å².